The Bertz CT molecular complexity index is 728. The molecule has 7 nitrogen and oxygen atoms in total. The first-order valence-electron chi connectivity index (χ1n) is 7.85. The normalized spacial score (nSPS) is 18.7. The van der Waals surface area contributed by atoms with Crippen molar-refractivity contribution in [3.63, 3.8) is 0 Å². The standard InChI is InChI=1S/C17H19N3O4/c1-11(16-18-12(2)19-24-16)23-17(22)14-8-15(21)20(10-14)9-13-6-4-3-5-7-13/h3-7,11,14H,8-10H2,1-2H3/t11-,14-/m0/s1. The Morgan fingerprint density at radius 3 is 2.83 bits per heavy atom. The van der Waals surface area contributed by atoms with E-state index in [1.165, 1.54) is 0 Å². The van der Waals surface area contributed by atoms with Crippen LogP contribution in [-0.2, 0) is 20.9 Å². The summed E-state index contributed by atoms with van der Waals surface area (Å²) in [6.07, 6.45) is -0.460. The fourth-order valence-corrected chi connectivity index (χ4v) is 2.69. The molecule has 1 amide bonds. The maximum atomic E-state index is 12.3. The van der Waals surface area contributed by atoms with Gasteiger partial charge in [0.2, 0.25) is 5.91 Å². The summed E-state index contributed by atoms with van der Waals surface area (Å²) in [6, 6.07) is 9.69. The molecule has 7 heteroatoms. The van der Waals surface area contributed by atoms with Crippen LogP contribution in [-0.4, -0.2) is 33.5 Å². The Morgan fingerprint density at radius 2 is 2.17 bits per heavy atom. The molecular weight excluding hydrogens is 310 g/mol. The van der Waals surface area contributed by atoms with Crippen LogP contribution in [0, 0.1) is 12.8 Å². The average Bonchev–Trinajstić information content (AvgIpc) is 3.15. The van der Waals surface area contributed by atoms with E-state index in [4.69, 9.17) is 9.26 Å². The first kappa shape index (κ1) is 16.2. The van der Waals surface area contributed by atoms with Gasteiger partial charge in [0.15, 0.2) is 11.9 Å². The predicted molar refractivity (Wildman–Crippen MR) is 83.5 cm³/mol. The van der Waals surface area contributed by atoms with E-state index in [2.05, 4.69) is 10.1 Å². The van der Waals surface area contributed by atoms with Gasteiger partial charge in [-0.2, -0.15) is 4.98 Å². The fourth-order valence-electron chi connectivity index (χ4n) is 2.69. The van der Waals surface area contributed by atoms with E-state index in [-0.39, 0.29) is 18.2 Å². The van der Waals surface area contributed by atoms with Gasteiger partial charge in [0, 0.05) is 19.5 Å². The highest BCUT2D eigenvalue weighted by Crippen LogP contribution is 2.24. The van der Waals surface area contributed by atoms with Gasteiger partial charge in [-0.25, -0.2) is 0 Å². The van der Waals surface area contributed by atoms with Gasteiger partial charge in [0.1, 0.15) is 0 Å². The van der Waals surface area contributed by atoms with E-state index in [0.717, 1.165) is 5.56 Å². The van der Waals surface area contributed by atoms with Crippen LogP contribution in [0.25, 0.3) is 0 Å². The second-order valence-corrected chi connectivity index (χ2v) is 5.92. The molecule has 0 aliphatic carbocycles. The van der Waals surface area contributed by atoms with Crippen molar-refractivity contribution in [2.24, 2.45) is 5.92 Å². The van der Waals surface area contributed by atoms with Gasteiger partial charge in [0.25, 0.3) is 5.89 Å². The summed E-state index contributed by atoms with van der Waals surface area (Å²) in [6.45, 7) is 4.23. The highest BCUT2D eigenvalue weighted by molar-refractivity contribution is 5.86. The van der Waals surface area contributed by atoms with E-state index in [1.54, 1.807) is 18.7 Å². The molecule has 0 N–H and O–H groups in total. The number of esters is 1. The third-order valence-corrected chi connectivity index (χ3v) is 3.95. The minimum atomic E-state index is -0.628. The van der Waals surface area contributed by atoms with Crippen LogP contribution in [0.3, 0.4) is 0 Å². The van der Waals surface area contributed by atoms with Crippen LogP contribution < -0.4 is 0 Å². The fraction of sp³-hybridized carbons (Fsp3) is 0.412. The number of carbonyl (C=O) groups excluding carboxylic acids is 2. The van der Waals surface area contributed by atoms with Gasteiger partial charge in [-0.05, 0) is 19.4 Å². The summed E-state index contributed by atoms with van der Waals surface area (Å²) in [5.74, 6) is -0.179. The Morgan fingerprint density at radius 1 is 1.42 bits per heavy atom. The van der Waals surface area contributed by atoms with Crippen molar-refractivity contribution >= 4 is 11.9 Å². The molecule has 0 bridgehead atoms. The monoisotopic (exact) mass is 329 g/mol. The van der Waals surface area contributed by atoms with Crippen molar-refractivity contribution < 1.29 is 18.8 Å². The molecule has 126 valence electrons. The molecule has 1 aromatic carbocycles. The number of aromatic nitrogens is 2. The molecule has 24 heavy (non-hydrogen) atoms. The molecule has 0 radical (unpaired) electrons. The Hall–Kier alpha value is -2.70. The molecule has 1 aliphatic heterocycles. The zero-order valence-electron chi connectivity index (χ0n) is 13.6. The van der Waals surface area contributed by atoms with Crippen LogP contribution in [0.5, 0.6) is 0 Å². The summed E-state index contributed by atoms with van der Waals surface area (Å²) in [5, 5.41) is 3.67. The molecule has 2 aromatic rings. The van der Waals surface area contributed by atoms with Gasteiger partial charge >= 0.3 is 5.97 Å². The van der Waals surface area contributed by atoms with E-state index in [9.17, 15) is 9.59 Å². The number of ether oxygens (including phenoxy) is 1. The molecule has 0 unspecified atom stereocenters. The number of aryl methyl sites for hydroxylation is 1. The van der Waals surface area contributed by atoms with Gasteiger partial charge in [-0.3, -0.25) is 9.59 Å². The number of hydrogen-bond donors (Lipinski definition) is 0. The molecule has 0 saturated carbocycles. The van der Waals surface area contributed by atoms with Crippen LogP contribution in [0.1, 0.15) is 36.7 Å². The maximum absolute atomic E-state index is 12.3. The summed E-state index contributed by atoms with van der Waals surface area (Å²) in [5.41, 5.74) is 1.04. The number of nitrogens with zero attached hydrogens (tertiary/aromatic N) is 3. The number of amides is 1. The maximum Gasteiger partial charge on any atom is 0.312 e. The van der Waals surface area contributed by atoms with Crippen molar-refractivity contribution in [2.75, 3.05) is 6.54 Å². The number of likely N-dealkylation sites (tertiary alicyclic amines) is 1. The zero-order chi connectivity index (χ0) is 17.1. The topological polar surface area (TPSA) is 85.5 Å². The highest BCUT2D eigenvalue weighted by Gasteiger charge is 2.36. The summed E-state index contributed by atoms with van der Waals surface area (Å²) in [4.78, 5) is 30.1. The third kappa shape index (κ3) is 3.61. The largest absolute Gasteiger partial charge is 0.452 e. The molecule has 1 fully saturated rings. The predicted octanol–water partition coefficient (Wildman–Crippen LogP) is 2.03. The molecule has 2 heterocycles. The average molecular weight is 329 g/mol. The summed E-state index contributed by atoms with van der Waals surface area (Å²) < 4.78 is 10.4. The van der Waals surface area contributed by atoms with Crippen molar-refractivity contribution in [1.29, 1.82) is 0 Å². The lowest BCUT2D eigenvalue weighted by Crippen LogP contribution is -2.26. The number of hydrogen-bond acceptors (Lipinski definition) is 6. The van der Waals surface area contributed by atoms with E-state index in [1.807, 2.05) is 30.3 Å². The van der Waals surface area contributed by atoms with Crippen molar-refractivity contribution in [3.05, 3.63) is 47.6 Å². The SMILES string of the molecule is Cc1noc([C@H](C)OC(=O)[C@H]2CC(=O)N(Cc3ccccc3)C2)n1. The lowest BCUT2D eigenvalue weighted by Gasteiger charge is -2.17. The Kier molecular flexibility index (Phi) is 4.59. The van der Waals surface area contributed by atoms with Crippen LogP contribution >= 0.6 is 0 Å². The Labute approximate surface area is 139 Å². The molecule has 1 saturated heterocycles. The van der Waals surface area contributed by atoms with E-state index < -0.39 is 18.0 Å². The van der Waals surface area contributed by atoms with Crippen molar-refractivity contribution in [1.82, 2.24) is 15.0 Å². The number of carbonyl (C=O) groups is 2. The minimum Gasteiger partial charge on any atom is -0.452 e. The van der Waals surface area contributed by atoms with Crippen LogP contribution in [0.4, 0.5) is 0 Å². The van der Waals surface area contributed by atoms with Gasteiger partial charge in [-0.1, -0.05) is 35.5 Å². The number of benzene rings is 1. The second kappa shape index (κ2) is 6.82. The van der Waals surface area contributed by atoms with Gasteiger partial charge < -0.3 is 14.2 Å². The second-order valence-electron chi connectivity index (χ2n) is 5.92. The van der Waals surface area contributed by atoms with Gasteiger partial charge in [-0.15, -0.1) is 0 Å². The van der Waals surface area contributed by atoms with E-state index >= 15 is 0 Å². The van der Waals surface area contributed by atoms with Crippen LogP contribution in [0.15, 0.2) is 34.9 Å². The lowest BCUT2D eigenvalue weighted by atomic mass is 10.1. The van der Waals surface area contributed by atoms with Crippen LogP contribution in [0.2, 0.25) is 0 Å². The summed E-state index contributed by atoms with van der Waals surface area (Å²) in [7, 11) is 0. The first-order chi connectivity index (χ1) is 11.5. The summed E-state index contributed by atoms with van der Waals surface area (Å²) >= 11 is 0. The third-order valence-electron chi connectivity index (χ3n) is 3.95. The lowest BCUT2D eigenvalue weighted by molar-refractivity contribution is -0.154. The smallest absolute Gasteiger partial charge is 0.312 e. The minimum absolute atomic E-state index is 0.0397. The molecule has 0 spiro atoms. The Balaban J connectivity index is 1.57. The first-order valence-corrected chi connectivity index (χ1v) is 7.85. The molecule has 1 aliphatic rings. The zero-order valence-corrected chi connectivity index (χ0v) is 13.6. The quantitative estimate of drug-likeness (QED) is 0.780. The molecule has 2 atom stereocenters. The highest BCUT2D eigenvalue weighted by atomic mass is 16.6. The van der Waals surface area contributed by atoms with Crippen molar-refractivity contribution in [3.8, 4) is 0 Å². The molecule has 3 rings (SSSR count). The van der Waals surface area contributed by atoms with Gasteiger partial charge in [0.05, 0.1) is 5.92 Å². The van der Waals surface area contributed by atoms with E-state index in [0.29, 0.717) is 18.9 Å². The molecule has 1 aromatic heterocycles. The molecular formula is C17H19N3O4. The number of rotatable bonds is 5. The van der Waals surface area contributed by atoms with Crippen molar-refractivity contribution in [2.45, 2.75) is 32.9 Å².